The van der Waals surface area contributed by atoms with Crippen molar-refractivity contribution in [3.05, 3.63) is 107 Å². The van der Waals surface area contributed by atoms with Crippen LogP contribution in [0.25, 0.3) is 17.0 Å². The molecular formula is C28H26FN5O2. The molecule has 0 unspecified atom stereocenters. The largest absolute Gasteiger partial charge is 0.378 e. The summed E-state index contributed by atoms with van der Waals surface area (Å²) < 4.78 is 15.6. The summed E-state index contributed by atoms with van der Waals surface area (Å²) in [6, 6.07) is 20.6. The van der Waals surface area contributed by atoms with Gasteiger partial charge in [-0.2, -0.15) is 5.10 Å². The van der Waals surface area contributed by atoms with E-state index in [9.17, 15) is 14.0 Å². The minimum atomic E-state index is -0.618. The van der Waals surface area contributed by atoms with E-state index in [0.29, 0.717) is 5.56 Å². The van der Waals surface area contributed by atoms with E-state index in [4.69, 9.17) is 0 Å². The zero-order chi connectivity index (χ0) is 25.7. The van der Waals surface area contributed by atoms with Gasteiger partial charge >= 0.3 is 0 Å². The van der Waals surface area contributed by atoms with Gasteiger partial charge < -0.3 is 14.8 Å². The van der Waals surface area contributed by atoms with E-state index in [2.05, 4.69) is 15.8 Å². The number of anilines is 1. The standard InChI is InChI=1S/C28H26FN5O2/c1-33(2)23-13-11-19(12-14-23)15-25(31-27(35)20-7-6-8-22(29)16-20)28(36)32-30-17-21-18-34(3)26-10-5-4-9-24(21)26/h4-18H,1-3H3,(H,31,35)(H,32,36)/b25-15-,30-17+. The van der Waals surface area contributed by atoms with Crippen LogP contribution in [0, 0.1) is 5.82 Å². The molecule has 0 radical (unpaired) electrons. The Bertz CT molecular complexity index is 1470. The van der Waals surface area contributed by atoms with Crippen molar-refractivity contribution in [2.45, 2.75) is 0 Å². The molecule has 3 aromatic carbocycles. The van der Waals surface area contributed by atoms with Crippen molar-refractivity contribution >= 4 is 40.7 Å². The number of para-hydroxylation sites is 1. The molecule has 0 aliphatic carbocycles. The SMILES string of the molecule is CN(C)c1ccc(/C=C(\NC(=O)c2cccc(F)c2)C(=O)N/N=C/c2cn(C)c3ccccc23)cc1. The molecule has 0 aliphatic heterocycles. The minimum Gasteiger partial charge on any atom is -0.378 e. The first-order valence-corrected chi connectivity index (χ1v) is 11.3. The molecule has 0 bridgehead atoms. The normalized spacial score (nSPS) is 11.6. The number of hydrazone groups is 1. The fourth-order valence-electron chi connectivity index (χ4n) is 3.71. The number of halogens is 1. The quantitative estimate of drug-likeness (QED) is 0.234. The van der Waals surface area contributed by atoms with Gasteiger partial charge in [0, 0.05) is 55.1 Å². The van der Waals surface area contributed by atoms with E-state index in [1.807, 2.05) is 85.3 Å². The van der Waals surface area contributed by atoms with E-state index in [1.165, 1.54) is 18.2 Å². The predicted octanol–water partition coefficient (Wildman–Crippen LogP) is 4.30. The van der Waals surface area contributed by atoms with Crippen LogP contribution in [0.15, 0.2) is 89.8 Å². The van der Waals surface area contributed by atoms with E-state index >= 15 is 0 Å². The lowest BCUT2D eigenvalue weighted by molar-refractivity contribution is -0.117. The van der Waals surface area contributed by atoms with E-state index < -0.39 is 17.6 Å². The highest BCUT2D eigenvalue weighted by molar-refractivity contribution is 6.06. The number of hydrogen-bond acceptors (Lipinski definition) is 4. The molecule has 0 spiro atoms. The maximum Gasteiger partial charge on any atom is 0.287 e. The minimum absolute atomic E-state index is 0.0306. The van der Waals surface area contributed by atoms with Gasteiger partial charge in [0.2, 0.25) is 0 Å². The molecule has 182 valence electrons. The van der Waals surface area contributed by atoms with Crippen molar-refractivity contribution in [3.63, 3.8) is 0 Å². The van der Waals surface area contributed by atoms with Crippen molar-refractivity contribution in [1.29, 1.82) is 0 Å². The molecule has 0 saturated heterocycles. The maximum absolute atomic E-state index is 13.6. The molecule has 8 heteroatoms. The summed E-state index contributed by atoms with van der Waals surface area (Å²) in [5, 5.41) is 7.68. The maximum atomic E-state index is 13.6. The van der Waals surface area contributed by atoms with Crippen LogP contribution < -0.4 is 15.6 Å². The zero-order valence-corrected chi connectivity index (χ0v) is 20.2. The highest BCUT2D eigenvalue weighted by atomic mass is 19.1. The van der Waals surface area contributed by atoms with Crippen LogP contribution in [0.5, 0.6) is 0 Å². The van der Waals surface area contributed by atoms with E-state index in [-0.39, 0.29) is 11.3 Å². The molecule has 7 nitrogen and oxygen atoms in total. The number of rotatable bonds is 7. The lowest BCUT2D eigenvalue weighted by atomic mass is 10.1. The van der Waals surface area contributed by atoms with Gasteiger partial charge in [-0.15, -0.1) is 0 Å². The van der Waals surface area contributed by atoms with Gasteiger partial charge in [0.15, 0.2) is 0 Å². The second kappa shape index (κ2) is 10.7. The molecule has 0 saturated carbocycles. The van der Waals surface area contributed by atoms with Crippen molar-refractivity contribution in [3.8, 4) is 0 Å². The summed E-state index contributed by atoms with van der Waals surface area (Å²) in [6.45, 7) is 0. The summed E-state index contributed by atoms with van der Waals surface area (Å²) in [4.78, 5) is 27.7. The van der Waals surface area contributed by atoms with Gasteiger partial charge in [0.1, 0.15) is 11.5 Å². The third-order valence-corrected chi connectivity index (χ3v) is 5.60. The van der Waals surface area contributed by atoms with Crippen LogP contribution in [0.2, 0.25) is 0 Å². The van der Waals surface area contributed by atoms with Crippen LogP contribution in [0.3, 0.4) is 0 Å². The first-order valence-electron chi connectivity index (χ1n) is 11.3. The smallest absolute Gasteiger partial charge is 0.287 e. The van der Waals surface area contributed by atoms with Gasteiger partial charge in [0.25, 0.3) is 11.8 Å². The van der Waals surface area contributed by atoms with Crippen molar-refractivity contribution in [1.82, 2.24) is 15.3 Å². The number of nitrogens with one attached hydrogen (secondary N) is 2. The first kappa shape index (κ1) is 24.4. The van der Waals surface area contributed by atoms with Crippen LogP contribution >= 0.6 is 0 Å². The van der Waals surface area contributed by atoms with Gasteiger partial charge in [-0.1, -0.05) is 36.4 Å². The highest BCUT2D eigenvalue weighted by Gasteiger charge is 2.15. The zero-order valence-electron chi connectivity index (χ0n) is 20.2. The van der Waals surface area contributed by atoms with E-state index in [1.54, 1.807) is 12.3 Å². The highest BCUT2D eigenvalue weighted by Crippen LogP contribution is 2.18. The Morgan fingerprint density at radius 1 is 1.00 bits per heavy atom. The molecule has 1 aromatic heterocycles. The van der Waals surface area contributed by atoms with Crippen molar-refractivity contribution in [2.24, 2.45) is 12.1 Å². The Kier molecular flexibility index (Phi) is 7.25. The van der Waals surface area contributed by atoms with Gasteiger partial charge in [-0.3, -0.25) is 9.59 Å². The molecule has 0 aliphatic rings. The summed E-state index contributed by atoms with van der Waals surface area (Å²) in [7, 11) is 5.79. The summed E-state index contributed by atoms with van der Waals surface area (Å²) >= 11 is 0. The third kappa shape index (κ3) is 5.67. The van der Waals surface area contributed by atoms with Crippen molar-refractivity contribution < 1.29 is 14.0 Å². The average Bonchev–Trinajstić information content (AvgIpc) is 3.19. The van der Waals surface area contributed by atoms with Crippen LogP contribution in [-0.4, -0.2) is 36.7 Å². The van der Waals surface area contributed by atoms with Crippen molar-refractivity contribution in [2.75, 3.05) is 19.0 Å². The Hall–Kier alpha value is -4.72. The second-order valence-corrected chi connectivity index (χ2v) is 8.42. The number of carbonyl (C=O) groups is 2. The molecule has 4 rings (SSSR count). The number of carbonyl (C=O) groups excluding carboxylic acids is 2. The molecule has 4 aromatic rings. The Morgan fingerprint density at radius 2 is 1.75 bits per heavy atom. The molecule has 2 amide bonds. The van der Waals surface area contributed by atoms with Gasteiger partial charge in [-0.05, 0) is 48.0 Å². The van der Waals surface area contributed by atoms with Crippen LogP contribution in [0.1, 0.15) is 21.5 Å². The molecule has 0 atom stereocenters. The summed E-state index contributed by atoms with van der Waals surface area (Å²) in [5.41, 5.74) is 6.10. The Labute approximate surface area is 208 Å². The number of aromatic nitrogens is 1. The number of fused-ring (bicyclic) bond motifs is 1. The van der Waals surface area contributed by atoms with E-state index in [0.717, 1.165) is 28.2 Å². The van der Waals surface area contributed by atoms with Crippen LogP contribution in [0.4, 0.5) is 10.1 Å². The second-order valence-electron chi connectivity index (χ2n) is 8.42. The van der Waals surface area contributed by atoms with Gasteiger partial charge in [-0.25, -0.2) is 9.82 Å². The van der Waals surface area contributed by atoms with Crippen LogP contribution in [-0.2, 0) is 11.8 Å². The Balaban J connectivity index is 1.58. The molecule has 2 N–H and O–H groups in total. The lowest BCUT2D eigenvalue weighted by Crippen LogP contribution is -2.32. The summed E-state index contributed by atoms with van der Waals surface area (Å²) in [5.74, 6) is -1.77. The average molecular weight is 484 g/mol. The predicted molar refractivity (Wildman–Crippen MR) is 141 cm³/mol. The Morgan fingerprint density at radius 3 is 2.47 bits per heavy atom. The topological polar surface area (TPSA) is 78.7 Å². The lowest BCUT2D eigenvalue weighted by Gasteiger charge is -2.12. The number of nitrogens with zero attached hydrogens (tertiary/aromatic N) is 3. The molecular weight excluding hydrogens is 457 g/mol. The molecule has 0 fully saturated rings. The monoisotopic (exact) mass is 483 g/mol. The molecule has 1 heterocycles. The fourth-order valence-corrected chi connectivity index (χ4v) is 3.71. The summed E-state index contributed by atoms with van der Waals surface area (Å²) in [6.07, 6.45) is 5.01. The third-order valence-electron chi connectivity index (χ3n) is 5.60. The number of aryl methyl sites for hydroxylation is 1. The number of hydrogen-bond donors (Lipinski definition) is 2. The molecule has 36 heavy (non-hydrogen) atoms. The van der Waals surface area contributed by atoms with Gasteiger partial charge in [0.05, 0.1) is 6.21 Å². The number of benzene rings is 3. The first-order chi connectivity index (χ1) is 17.3. The fraction of sp³-hybridized carbons (Fsp3) is 0.107. The number of amides is 2.